The van der Waals surface area contributed by atoms with Gasteiger partial charge >= 0.3 is 0 Å². The molecule has 1 atom stereocenters. The first-order chi connectivity index (χ1) is 6.33. The predicted octanol–water partition coefficient (Wildman–Crippen LogP) is 1.99. The fourth-order valence-corrected chi connectivity index (χ4v) is 2.00. The van der Waals surface area contributed by atoms with Crippen LogP contribution in [-0.2, 0) is 0 Å². The summed E-state index contributed by atoms with van der Waals surface area (Å²) in [6.07, 6.45) is 8.13. The van der Waals surface area contributed by atoms with Gasteiger partial charge in [-0.05, 0) is 25.9 Å². The van der Waals surface area contributed by atoms with Gasteiger partial charge in [-0.15, -0.1) is 0 Å². The first kappa shape index (κ1) is 11.0. The summed E-state index contributed by atoms with van der Waals surface area (Å²) in [6.45, 7) is 5.90. The molecule has 0 aliphatic carbocycles. The van der Waals surface area contributed by atoms with Crippen LogP contribution in [0.5, 0.6) is 0 Å². The van der Waals surface area contributed by atoms with Crippen LogP contribution in [0.2, 0.25) is 0 Å². The standard InChI is InChI=1S/C11H24N2/c1-2-3-4-5-6-8-13-9-7-11(12)10-13/h11H,2-10,12H2,1H3/t11-/m0/s1. The van der Waals surface area contributed by atoms with E-state index in [0.717, 1.165) is 6.54 Å². The van der Waals surface area contributed by atoms with E-state index in [4.69, 9.17) is 5.73 Å². The van der Waals surface area contributed by atoms with Crippen LogP contribution in [0.25, 0.3) is 0 Å². The molecule has 1 saturated heterocycles. The highest BCUT2D eigenvalue weighted by atomic mass is 15.2. The average Bonchev–Trinajstić information content (AvgIpc) is 2.51. The van der Waals surface area contributed by atoms with Crippen LogP contribution in [0.3, 0.4) is 0 Å². The minimum Gasteiger partial charge on any atom is -0.326 e. The summed E-state index contributed by atoms with van der Waals surface area (Å²) in [5.41, 5.74) is 5.84. The highest BCUT2D eigenvalue weighted by Crippen LogP contribution is 2.09. The predicted molar refractivity (Wildman–Crippen MR) is 57.8 cm³/mol. The second kappa shape index (κ2) is 6.39. The second-order valence-corrected chi connectivity index (χ2v) is 4.26. The first-order valence-corrected chi connectivity index (χ1v) is 5.81. The molecule has 2 heteroatoms. The highest BCUT2D eigenvalue weighted by molar-refractivity contribution is 4.77. The molecule has 1 aliphatic heterocycles. The van der Waals surface area contributed by atoms with Crippen LogP contribution in [0.4, 0.5) is 0 Å². The summed E-state index contributed by atoms with van der Waals surface area (Å²) in [4.78, 5) is 2.51. The van der Waals surface area contributed by atoms with E-state index in [0.29, 0.717) is 6.04 Å². The van der Waals surface area contributed by atoms with E-state index in [1.54, 1.807) is 0 Å². The van der Waals surface area contributed by atoms with Gasteiger partial charge < -0.3 is 10.6 Å². The van der Waals surface area contributed by atoms with E-state index in [1.165, 1.54) is 51.6 Å². The number of rotatable bonds is 6. The molecule has 2 N–H and O–H groups in total. The number of nitrogens with two attached hydrogens (primary N) is 1. The van der Waals surface area contributed by atoms with Gasteiger partial charge in [0.05, 0.1) is 0 Å². The summed E-state index contributed by atoms with van der Waals surface area (Å²) in [5.74, 6) is 0. The Balaban J connectivity index is 1.88. The van der Waals surface area contributed by atoms with Gasteiger partial charge in [0.1, 0.15) is 0 Å². The highest BCUT2D eigenvalue weighted by Gasteiger charge is 2.17. The SMILES string of the molecule is CCCCCCCN1CC[C@H](N)C1. The molecule has 0 aromatic carbocycles. The lowest BCUT2D eigenvalue weighted by atomic mass is 10.1. The Kier molecular flexibility index (Phi) is 5.40. The zero-order valence-corrected chi connectivity index (χ0v) is 8.97. The van der Waals surface area contributed by atoms with Crippen molar-refractivity contribution in [1.29, 1.82) is 0 Å². The quantitative estimate of drug-likeness (QED) is 0.640. The normalized spacial score (nSPS) is 24.0. The van der Waals surface area contributed by atoms with Gasteiger partial charge in [0.15, 0.2) is 0 Å². The molecule has 0 amide bonds. The van der Waals surface area contributed by atoms with Crippen molar-refractivity contribution in [1.82, 2.24) is 4.90 Å². The van der Waals surface area contributed by atoms with Gasteiger partial charge in [-0.25, -0.2) is 0 Å². The van der Waals surface area contributed by atoms with E-state index in [-0.39, 0.29) is 0 Å². The number of nitrogens with zero attached hydrogens (tertiary/aromatic N) is 1. The monoisotopic (exact) mass is 184 g/mol. The van der Waals surface area contributed by atoms with Crippen molar-refractivity contribution in [3.8, 4) is 0 Å². The number of likely N-dealkylation sites (tertiary alicyclic amines) is 1. The molecule has 1 rings (SSSR count). The van der Waals surface area contributed by atoms with E-state index < -0.39 is 0 Å². The van der Waals surface area contributed by atoms with Gasteiger partial charge in [-0.2, -0.15) is 0 Å². The zero-order chi connectivity index (χ0) is 9.52. The largest absolute Gasteiger partial charge is 0.326 e. The van der Waals surface area contributed by atoms with E-state index >= 15 is 0 Å². The molecule has 0 unspecified atom stereocenters. The van der Waals surface area contributed by atoms with Gasteiger partial charge in [0.25, 0.3) is 0 Å². The smallest absolute Gasteiger partial charge is 0.0180 e. The van der Waals surface area contributed by atoms with Crippen molar-refractivity contribution < 1.29 is 0 Å². The van der Waals surface area contributed by atoms with Gasteiger partial charge in [0, 0.05) is 12.6 Å². The molecule has 13 heavy (non-hydrogen) atoms. The summed E-state index contributed by atoms with van der Waals surface area (Å²) in [6, 6.07) is 0.454. The Labute approximate surface area is 82.5 Å². The maximum absolute atomic E-state index is 5.84. The fourth-order valence-electron chi connectivity index (χ4n) is 2.00. The van der Waals surface area contributed by atoms with E-state index in [2.05, 4.69) is 11.8 Å². The Morgan fingerprint density at radius 1 is 1.23 bits per heavy atom. The molecule has 0 aromatic heterocycles. The summed E-state index contributed by atoms with van der Waals surface area (Å²) in [5, 5.41) is 0. The third-order valence-electron chi connectivity index (χ3n) is 2.89. The van der Waals surface area contributed by atoms with E-state index in [9.17, 15) is 0 Å². The Morgan fingerprint density at radius 2 is 2.00 bits per heavy atom. The molecule has 2 nitrogen and oxygen atoms in total. The van der Waals surface area contributed by atoms with Gasteiger partial charge in [-0.1, -0.05) is 32.6 Å². The molecule has 0 bridgehead atoms. The molecule has 0 spiro atoms. The molecule has 1 aliphatic rings. The van der Waals surface area contributed by atoms with E-state index in [1.807, 2.05) is 0 Å². The summed E-state index contributed by atoms with van der Waals surface area (Å²) < 4.78 is 0. The number of unbranched alkanes of at least 4 members (excludes halogenated alkanes) is 4. The molecule has 1 fully saturated rings. The minimum absolute atomic E-state index is 0.454. The van der Waals surface area contributed by atoms with Crippen LogP contribution >= 0.6 is 0 Å². The van der Waals surface area contributed by atoms with Crippen molar-refractivity contribution in [2.24, 2.45) is 5.73 Å². The average molecular weight is 184 g/mol. The molecule has 0 aromatic rings. The number of hydrogen-bond donors (Lipinski definition) is 1. The van der Waals surface area contributed by atoms with Gasteiger partial charge in [-0.3, -0.25) is 0 Å². The van der Waals surface area contributed by atoms with Crippen LogP contribution in [0.15, 0.2) is 0 Å². The van der Waals surface area contributed by atoms with Crippen LogP contribution < -0.4 is 5.73 Å². The lowest BCUT2D eigenvalue weighted by Crippen LogP contribution is -2.27. The third kappa shape index (κ3) is 4.63. The summed E-state index contributed by atoms with van der Waals surface area (Å²) in [7, 11) is 0. The lowest BCUT2D eigenvalue weighted by Gasteiger charge is -2.14. The fraction of sp³-hybridized carbons (Fsp3) is 1.00. The Bertz CT molecular complexity index is 125. The van der Waals surface area contributed by atoms with Crippen LogP contribution in [-0.4, -0.2) is 30.6 Å². The van der Waals surface area contributed by atoms with Crippen molar-refractivity contribution in [3.05, 3.63) is 0 Å². The third-order valence-corrected chi connectivity index (χ3v) is 2.89. The lowest BCUT2D eigenvalue weighted by molar-refractivity contribution is 0.324. The van der Waals surface area contributed by atoms with Crippen molar-refractivity contribution >= 4 is 0 Å². The molecule has 78 valence electrons. The van der Waals surface area contributed by atoms with Crippen LogP contribution in [0.1, 0.15) is 45.4 Å². The van der Waals surface area contributed by atoms with Crippen LogP contribution in [0, 0.1) is 0 Å². The second-order valence-electron chi connectivity index (χ2n) is 4.26. The van der Waals surface area contributed by atoms with Crippen molar-refractivity contribution in [2.45, 2.75) is 51.5 Å². The minimum atomic E-state index is 0.454. The number of hydrogen-bond acceptors (Lipinski definition) is 2. The summed E-state index contributed by atoms with van der Waals surface area (Å²) >= 11 is 0. The maximum atomic E-state index is 5.84. The Hall–Kier alpha value is -0.0800. The van der Waals surface area contributed by atoms with Crippen molar-refractivity contribution in [2.75, 3.05) is 19.6 Å². The first-order valence-electron chi connectivity index (χ1n) is 5.81. The Morgan fingerprint density at radius 3 is 2.62 bits per heavy atom. The maximum Gasteiger partial charge on any atom is 0.0180 e. The molecular formula is C11H24N2. The van der Waals surface area contributed by atoms with Crippen molar-refractivity contribution in [3.63, 3.8) is 0 Å². The molecular weight excluding hydrogens is 160 g/mol. The molecule has 0 radical (unpaired) electrons. The topological polar surface area (TPSA) is 29.3 Å². The zero-order valence-electron chi connectivity index (χ0n) is 8.97. The van der Waals surface area contributed by atoms with Gasteiger partial charge in [0.2, 0.25) is 0 Å². The molecule has 1 heterocycles. The molecule has 0 saturated carbocycles.